The van der Waals surface area contributed by atoms with Crippen LogP contribution in [0.25, 0.3) is 0 Å². The highest BCUT2D eigenvalue weighted by Gasteiger charge is 2.44. The second kappa shape index (κ2) is 6.60. The van der Waals surface area contributed by atoms with Crippen LogP contribution in [0.15, 0.2) is 48.5 Å². The molecule has 0 aromatic heterocycles. The molecule has 2 aromatic rings. The quantitative estimate of drug-likeness (QED) is 0.866. The maximum Gasteiger partial charge on any atom is 0.332 e. The first kappa shape index (κ1) is 17.0. The summed E-state index contributed by atoms with van der Waals surface area (Å²) in [5.74, 6) is -2.03. The van der Waals surface area contributed by atoms with Crippen molar-refractivity contribution < 1.29 is 23.5 Å². The van der Waals surface area contributed by atoms with E-state index in [1.165, 1.54) is 4.90 Å². The van der Waals surface area contributed by atoms with Crippen LogP contribution in [0.1, 0.15) is 18.6 Å². The highest BCUT2D eigenvalue weighted by Crippen LogP contribution is 2.28. The largest absolute Gasteiger partial charge is 0.386 e. The molecule has 5 nitrogen and oxygen atoms in total. The van der Waals surface area contributed by atoms with Gasteiger partial charge in [0.15, 0.2) is 0 Å². The first-order valence-corrected chi connectivity index (χ1v) is 7.72. The van der Waals surface area contributed by atoms with E-state index in [1.807, 2.05) is 0 Å². The highest BCUT2D eigenvalue weighted by atomic mass is 19.1. The van der Waals surface area contributed by atoms with E-state index in [4.69, 9.17) is 0 Å². The molecule has 25 heavy (non-hydrogen) atoms. The van der Waals surface area contributed by atoms with Gasteiger partial charge in [0.25, 0.3) is 5.91 Å². The van der Waals surface area contributed by atoms with E-state index < -0.39 is 42.3 Å². The van der Waals surface area contributed by atoms with Crippen molar-refractivity contribution in [2.24, 2.45) is 0 Å². The van der Waals surface area contributed by atoms with Gasteiger partial charge in [0, 0.05) is 11.3 Å². The topological polar surface area (TPSA) is 60.9 Å². The normalized spacial score (nSPS) is 18.8. The predicted octanol–water partition coefficient (Wildman–Crippen LogP) is 2.86. The molecule has 1 fully saturated rings. The lowest BCUT2D eigenvalue weighted by Gasteiger charge is -2.21. The Morgan fingerprint density at radius 2 is 1.80 bits per heavy atom. The Morgan fingerprint density at radius 3 is 2.48 bits per heavy atom. The van der Waals surface area contributed by atoms with Gasteiger partial charge in [-0.25, -0.2) is 13.6 Å². The van der Waals surface area contributed by atoms with Crippen LogP contribution < -0.4 is 4.90 Å². The van der Waals surface area contributed by atoms with E-state index in [1.54, 1.807) is 37.3 Å². The zero-order valence-electron chi connectivity index (χ0n) is 13.4. The average Bonchev–Trinajstić information content (AvgIpc) is 2.81. The second-order valence-electron chi connectivity index (χ2n) is 5.79. The number of β-amino-alcohol motifs (C(OH)–C–C–N with tert-alkyl or cyclic N) is 1. The second-order valence-corrected chi connectivity index (χ2v) is 5.79. The van der Waals surface area contributed by atoms with Crippen molar-refractivity contribution in [3.8, 4) is 0 Å². The number of urea groups is 1. The molecular formula is C18H16F2N2O3. The molecule has 1 aliphatic rings. The summed E-state index contributed by atoms with van der Waals surface area (Å²) in [6.07, 6.45) is -1.52. The number of benzene rings is 2. The molecule has 2 atom stereocenters. The Hall–Kier alpha value is -2.80. The number of halogens is 2. The summed E-state index contributed by atoms with van der Waals surface area (Å²) >= 11 is 0. The van der Waals surface area contributed by atoms with E-state index in [0.29, 0.717) is 5.69 Å². The summed E-state index contributed by atoms with van der Waals surface area (Å²) in [7, 11) is 0. The molecular weight excluding hydrogens is 330 g/mol. The van der Waals surface area contributed by atoms with Crippen LogP contribution in [0.2, 0.25) is 0 Å². The molecule has 0 radical (unpaired) electrons. The van der Waals surface area contributed by atoms with Gasteiger partial charge in [-0.05, 0) is 37.3 Å². The van der Waals surface area contributed by atoms with Gasteiger partial charge in [-0.1, -0.05) is 18.2 Å². The zero-order chi connectivity index (χ0) is 18.1. The van der Waals surface area contributed by atoms with Crippen molar-refractivity contribution in [3.05, 3.63) is 65.7 Å². The molecule has 1 heterocycles. The molecule has 0 bridgehead atoms. The minimum atomic E-state index is -1.52. The molecule has 3 rings (SSSR count). The monoisotopic (exact) mass is 346 g/mol. The molecule has 0 saturated carbocycles. The number of rotatable bonds is 4. The van der Waals surface area contributed by atoms with Crippen LogP contribution in [0.4, 0.5) is 19.3 Å². The third kappa shape index (κ3) is 3.10. The van der Waals surface area contributed by atoms with E-state index in [-0.39, 0.29) is 5.56 Å². The summed E-state index contributed by atoms with van der Waals surface area (Å²) in [5, 5.41) is 10.2. The molecule has 1 saturated heterocycles. The third-order valence-corrected chi connectivity index (χ3v) is 4.15. The number of carbonyl (C=O) groups excluding carboxylic acids is 2. The molecule has 1 N–H and O–H groups in total. The molecule has 3 amide bonds. The molecule has 0 spiro atoms. The van der Waals surface area contributed by atoms with Gasteiger partial charge in [0.1, 0.15) is 23.8 Å². The van der Waals surface area contributed by atoms with Crippen molar-refractivity contribution in [3.63, 3.8) is 0 Å². The Morgan fingerprint density at radius 1 is 1.12 bits per heavy atom. The van der Waals surface area contributed by atoms with Crippen molar-refractivity contribution in [1.82, 2.24) is 4.90 Å². The maximum absolute atomic E-state index is 13.8. The summed E-state index contributed by atoms with van der Waals surface area (Å²) in [6.45, 7) is 1.12. The van der Waals surface area contributed by atoms with Crippen LogP contribution in [-0.4, -0.2) is 34.5 Å². The smallest absolute Gasteiger partial charge is 0.332 e. The number of anilines is 1. The summed E-state index contributed by atoms with van der Waals surface area (Å²) in [4.78, 5) is 27.2. The molecule has 0 unspecified atom stereocenters. The first-order valence-electron chi connectivity index (χ1n) is 7.72. The highest BCUT2D eigenvalue weighted by molar-refractivity contribution is 6.14. The number of nitrogens with zero attached hydrogens (tertiary/aromatic N) is 2. The molecule has 1 aliphatic heterocycles. The van der Waals surface area contributed by atoms with E-state index in [9.17, 15) is 23.5 Å². The number of hydrogen-bond donors (Lipinski definition) is 1. The number of hydrogen-bond acceptors (Lipinski definition) is 3. The minimum absolute atomic E-state index is 0.300. The lowest BCUT2D eigenvalue weighted by Crippen LogP contribution is -2.36. The molecule has 7 heteroatoms. The lowest BCUT2D eigenvalue weighted by atomic mass is 10.1. The van der Waals surface area contributed by atoms with Gasteiger partial charge in [0.2, 0.25) is 0 Å². The third-order valence-electron chi connectivity index (χ3n) is 4.15. The fourth-order valence-electron chi connectivity index (χ4n) is 2.86. The standard InChI is InChI=1S/C18H16F2N2O3/c1-11-17(24)21(18(25)22(11)13-5-3-2-4-6-13)10-16(23)14-9-12(19)7-8-15(14)20/h2-9,11,16,23H,10H2,1H3/t11-,16+/m0/s1. The van der Waals surface area contributed by atoms with Crippen LogP contribution in [0.3, 0.4) is 0 Å². The van der Waals surface area contributed by atoms with E-state index in [0.717, 1.165) is 23.1 Å². The van der Waals surface area contributed by atoms with Gasteiger partial charge in [-0.3, -0.25) is 14.6 Å². The van der Waals surface area contributed by atoms with E-state index in [2.05, 4.69) is 0 Å². The average molecular weight is 346 g/mol. The number of carbonyl (C=O) groups is 2. The first-order chi connectivity index (χ1) is 11.9. The van der Waals surface area contributed by atoms with Gasteiger partial charge in [0.05, 0.1) is 6.54 Å². The lowest BCUT2D eigenvalue weighted by molar-refractivity contribution is -0.128. The minimum Gasteiger partial charge on any atom is -0.386 e. The van der Waals surface area contributed by atoms with Crippen LogP contribution in [-0.2, 0) is 4.79 Å². The number of imide groups is 1. The number of para-hydroxylation sites is 1. The van der Waals surface area contributed by atoms with Crippen molar-refractivity contribution in [2.75, 3.05) is 11.4 Å². The van der Waals surface area contributed by atoms with Gasteiger partial charge in [-0.15, -0.1) is 0 Å². The van der Waals surface area contributed by atoms with Gasteiger partial charge >= 0.3 is 6.03 Å². The van der Waals surface area contributed by atoms with E-state index >= 15 is 0 Å². The summed E-state index contributed by atoms with van der Waals surface area (Å²) in [6, 6.07) is 9.94. The Balaban J connectivity index is 1.84. The zero-order valence-corrected chi connectivity index (χ0v) is 13.4. The fraction of sp³-hybridized carbons (Fsp3) is 0.222. The Labute approximate surface area is 143 Å². The number of aliphatic hydroxyl groups excluding tert-OH is 1. The van der Waals surface area contributed by atoms with Crippen LogP contribution >= 0.6 is 0 Å². The number of aliphatic hydroxyl groups is 1. The fourth-order valence-corrected chi connectivity index (χ4v) is 2.86. The van der Waals surface area contributed by atoms with Crippen molar-refractivity contribution in [2.45, 2.75) is 19.1 Å². The predicted molar refractivity (Wildman–Crippen MR) is 86.8 cm³/mol. The maximum atomic E-state index is 13.8. The van der Waals surface area contributed by atoms with Crippen molar-refractivity contribution >= 4 is 17.6 Å². The van der Waals surface area contributed by atoms with Crippen LogP contribution in [0.5, 0.6) is 0 Å². The van der Waals surface area contributed by atoms with Gasteiger partial charge in [-0.2, -0.15) is 0 Å². The van der Waals surface area contributed by atoms with Gasteiger partial charge < -0.3 is 5.11 Å². The number of amides is 3. The molecule has 0 aliphatic carbocycles. The van der Waals surface area contributed by atoms with Crippen molar-refractivity contribution in [1.29, 1.82) is 0 Å². The Bertz CT molecular complexity index is 813. The molecule has 2 aromatic carbocycles. The molecule has 130 valence electrons. The Kier molecular flexibility index (Phi) is 4.50. The summed E-state index contributed by atoms with van der Waals surface area (Å²) in [5.41, 5.74) is 0.244. The SMILES string of the molecule is C[C@H]1C(=O)N(C[C@@H](O)c2cc(F)ccc2F)C(=O)N1c1ccccc1. The summed E-state index contributed by atoms with van der Waals surface area (Å²) < 4.78 is 27.1. The van der Waals surface area contributed by atoms with Crippen LogP contribution in [0, 0.1) is 11.6 Å².